The van der Waals surface area contributed by atoms with Crippen LogP contribution >= 0.6 is 0 Å². The molecule has 0 aliphatic carbocycles. The van der Waals surface area contributed by atoms with Crippen LogP contribution in [0, 0.1) is 5.82 Å². The highest BCUT2D eigenvalue weighted by molar-refractivity contribution is 6.08. The molecule has 0 atom stereocenters. The van der Waals surface area contributed by atoms with Crippen LogP contribution in [0.3, 0.4) is 0 Å². The zero-order valence-corrected chi connectivity index (χ0v) is 10.5. The second-order valence-corrected chi connectivity index (χ2v) is 3.94. The lowest BCUT2D eigenvalue weighted by Gasteiger charge is -2.21. The van der Waals surface area contributed by atoms with Crippen LogP contribution in [-0.4, -0.2) is 17.4 Å². The largest absolute Gasteiger partial charge is 0.383 e. The molecule has 0 unspecified atom stereocenters. The molecule has 19 heavy (non-hydrogen) atoms. The molecule has 1 amide bonds. The monoisotopic (exact) mass is 259 g/mol. The number of para-hydroxylation sites is 1. The fourth-order valence-electron chi connectivity index (χ4n) is 1.84. The summed E-state index contributed by atoms with van der Waals surface area (Å²) in [5, 5.41) is 0. The van der Waals surface area contributed by atoms with Crippen molar-refractivity contribution in [2.75, 3.05) is 17.2 Å². The van der Waals surface area contributed by atoms with E-state index < -0.39 is 5.82 Å². The van der Waals surface area contributed by atoms with Crippen LogP contribution in [-0.2, 0) is 0 Å². The Kier molecular flexibility index (Phi) is 3.75. The van der Waals surface area contributed by atoms with Crippen LogP contribution in [0.15, 0.2) is 42.6 Å². The summed E-state index contributed by atoms with van der Waals surface area (Å²) in [6.07, 6.45) is 1.51. The number of hydrogen-bond acceptors (Lipinski definition) is 3. The summed E-state index contributed by atoms with van der Waals surface area (Å²) in [4.78, 5) is 17.6. The number of rotatable bonds is 3. The van der Waals surface area contributed by atoms with E-state index in [0.717, 1.165) is 0 Å². The third-order valence-corrected chi connectivity index (χ3v) is 2.77. The van der Waals surface area contributed by atoms with Gasteiger partial charge in [-0.1, -0.05) is 12.1 Å². The van der Waals surface area contributed by atoms with E-state index in [1.54, 1.807) is 37.3 Å². The van der Waals surface area contributed by atoms with Crippen LogP contribution in [0.2, 0.25) is 0 Å². The minimum Gasteiger partial charge on any atom is -0.383 e. The summed E-state index contributed by atoms with van der Waals surface area (Å²) < 4.78 is 13.8. The Morgan fingerprint density at radius 3 is 2.68 bits per heavy atom. The maximum absolute atomic E-state index is 13.8. The predicted octanol–water partition coefficient (Wildman–Crippen LogP) is 2.47. The molecular formula is C14H14FN3O. The maximum atomic E-state index is 13.8. The number of amides is 1. The lowest BCUT2D eigenvalue weighted by molar-refractivity contribution is 0.0988. The SMILES string of the molecule is CCN(C(=O)c1cccnc1N)c1ccccc1F. The molecule has 1 heterocycles. The van der Waals surface area contributed by atoms with Gasteiger partial charge in [-0.15, -0.1) is 0 Å². The maximum Gasteiger partial charge on any atom is 0.262 e. The molecule has 0 aliphatic rings. The van der Waals surface area contributed by atoms with E-state index in [-0.39, 0.29) is 23.0 Å². The first-order valence-electron chi connectivity index (χ1n) is 5.92. The number of pyridine rings is 1. The lowest BCUT2D eigenvalue weighted by Crippen LogP contribution is -2.32. The minimum atomic E-state index is -0.444. The van der Waals surface area contributed by atoms with Gasteiger partial charge in [0.25, 0.3) is 5.91 Å². The highest BCUT2D eigenvalue weighted by Gasteiger charge is 2.20. The Morgan fingerprint density at radius 1 is 1.32 bits per heavy atom. The molecule has 1 aromatic carbocycles. The number of halogens is 1. The molecule has 0 saturated carbocycles. The van der Waals surface area contributed by atoms with Gasteiger partial charge in [-0.05, 0) is 31.2 Å². The van der Waals surface area contributed by atoms with E-state index >= 15 is 0 Å². The van der Waals surface area contributed by atoms with Gasteiger partial charge in [-0.3, -0.25) is 4.79 Å². The second-order valence-electron chi connectivity index (χ2n) is 3.94. The predicted molar refractivity (Wildman–Crippen MR) is 72.4 cm³/mol. The van der Waals surface area contributed by atoms with Gasteiger partial charge in [0.05, 0.1) is 11.3 Å². The van der Waals surface area contributed by atoms with Gasteiger partial charge in [-0.2, -0.15) is 0 Å². The third-order valence-electron chi connectivity index (χ3n) is 2.77. The Labute approximate surface area is 110 Å². The summed E-state index contributed by atoms with van der Waals surface area (Å²) in [5.41, 5.74) is 6.18. The van der Waals surface area contributed by atoms with Crippen molar-refractivity contribution in [2.45, 2.75) is 6.92 Å². The van der Waals surface area contributed by atoms with Gasteiger partial charge in [-0.25, -0.2) is 9.37 Å². The minimum absolute atomic E-state index is 0.141. The van der Waals surface area contributed by atoms with Crippen molar-refractivity contribution < 1.29 is 9.18 Å². The van der Waals surface area contributed by atoms with Crippen LogP contribution in [0.1, 0.15) is 17.3 Å². The Hall–Kier alpha value is -2.43. The Bertz CT molecular complexity index is 601. The molecule has 0 aliphatic heterocycles. The summed E-state index contributed by atoms with van der Waals surface area (Å²) in [6, 6.07) is 9.34. The van der Waals surface area contributed by atoms with Crippen LogP contribution in [0.5, 0.6) is 0 Å². The van der Waals surface area contributed by atoms with E-state index in [9.17, 15) is 9.18 Å². The number of nitrogens with zero attached hydrogens (tertiary/aromatic N) is 2. The molecule has 2 rings (SSSR count). The number of hydrogen-bond donors (Lipinski definition) is 1. The fourth-order valence-corrected chi connectivity index (χ4v) is 1.84. The van der Waals surface area contributed by atoms with Crippen LogP contribution in [0.4, 0.5) is 15.9 Å². The number of carbonyl (C=O) groups excluding carboxylic acids is 1. The van der Waals surface area contributed by atoms with Gasteiger partial charge in [0, 0.05) is 12.7 Å². The Balaban J connectivity index is 2.41. The normalized spacial score (nSPS) is 10.2. The van der Waals surface area contributed by atoms with Crippen molar-refractivity contribution in [3.63, 3.8) is 0 Å². The number of nitrogens with two attached hydrogens (primary N) is 1. The standard InChI is InChI=1S/C14H14FN3O/c1-2-18(12-8-4-3-7-11(12)15)14(19)10-6-5-9-17-13(10)16/h3-9H,2H2,1H3,(H2,16,17). The summed E-state index contributed by atoms with van der Waals surface area (Å²) in [5.74, 6) is -0.666. The summed E-state index contributed by atoms with van der Waals surface area (Å²) in [7, 11) is 0. The number of anilines is 2. The molecule has 4 nitrogen and oxygen atoms in total. The zero-order valence-electron chi connectivity index (χ0n) is 10.5. The molecule has 0 radical (unpaired) electrons. The van der Waals surface area contributed by atoms with E-state index in [1.165, 1.54) is 17.2 Å². The quantitative estimate of drug-likeness (QED) is 0.921. The molecule has 98 valence electrons. The number of carbonyl (C=O) groups is 1. The highest BCUT2D eigenvalue weighted by atomic mass is 19.1. The molecule has 5 heteroatoms. The van der Waals surface area contributed by atoms with Crippen molar-refractivity contribution in [3.8, 4) is 0 Å². The molecule has 2 aromatic rings. The number of benzene rings is 1. The van der Waals surface area contributed by atoms with Gasteiger partial charge < -0.3 is 10.6 Å². The average molecular weight is 259 g/mol. The van der Waals surface area contributed by atoms with Crippen molar-refractivity contribution in [1.29, 1.82) is 0 Å². The van der Waals surface area contributed by atoms with Crippen molar-refractivity contribution >= 4 is 17.4 Å². The molecule has 0 spiro atoms. The topological polar surface area (TPSA) is 59.2 Å². The molecule has 0 saturated heterocycles. The lowest BCUT2D eigenvalue weighted by atomic mass is 10.2. The summed E-state index contributed by atoms with van der Waals surface area (Å²) >= 11 is 0. The first-order valence-corrected chi connectivity index (χ1v) is 5.92. The van der Waals surface area contributed by atoms with Crippen LogP contribution in [0.25, 0.3) is 0 Å². The number of nitrogen functional groups attached to an aromatic ring is 1. The summed E-state index contributed by atoms with van der Waals surface area (Å²) in [6.45, 7) is 2.12. The molecule has 1 aromatic heterocycles. The first kappa shape index (κ1) is 13.0. The fraction of sp³-hybridized carbons (Fsp3) is 0.143. The zero-order chi connectivity index (χ0) is 13.8. The molecular weight excluding hydrogens is 245 g/mol. The molecule has 0 bridgehead atoms. The highest BCUT2D eigenvalue weighted by Crippen LogP contribution is 2.21. The smallest absolute Gasteiger partial charge is 0.262 e. The van der Waals surface area contributed by atoms with Crippen LogP contribution < -0.4 is 10.6 Å². The van der Waals surface area contributed by atoms with Gasteiger partial charge >= 0.3 is 0 Å². The first-order chi connectivity index (χ1) is 9.15. The third kappa shape index (κ3) is 2.54. The average Bonchev–Trinajstić information content (AvgIpc) is 2.42. The van der Waals surface area contributed by atoms with Crippen molar-refractivity contribution in [2.24, 2.45) is 0 Å². The van der Waals surface area contributed by atoms with E-state index in [0.29, 0.717) is 6.54 Å². The second kappa shape index (κ2) is 5.48. The van der Waals surface area contributed by atoms with Crippen molar-refractivity contribution in [1.82, 2.24) is 4.98 Å². The van der Waals surface area contributed by atoms with Crippen molar-refractivity contribution in [3.05, 3.63) is 54.0 Å². The molecule has 0 fully saturated rings. The van der Waals surface area contributed by atoms with Gasteiger partial charge in [0.15, 0.2) is 0 Å². The molecule has 2 N–H and O–H groups in total. The van der Waals surface area contributed by atoms with E-state index in [1.807, 2.05) is 0 Å². The Morgan fingerprint density at radius 2 is 2.05 bits per heavy atom. The van der Waals surface area contributed by atoms with Gasteiger partial charge in [0.1, 0.15) is 11.6 Å². The van der Waals surface area contributed by atoms with E-state index in [4.69, 9.17) is 5.73 Å². The number of aromatic nitrogens is 1. The van der Waals surface area contributed by atoms with E-state index in [2.05, 4.69) is 4.98 Å². The van der Waals surface area contributed by atoms with Gasteiger partial charge in [0.2, 0.25) is 0 Å².